The van der Waals surface area contributed by atoms with Gasteiger partial charge >= 0.3 is 0 Å². The van der Waals surface area contributed by atoms with Gasteiger partial charge in [0.15, 0.2) is 5.69 Å². The Balaban J connectivity index is 1.40. The van der Waals surface area contributed by atoms with Crippen LogP contribution in [0.3, 0.4) is 0 Å². The number of halogens is 1. The number of amides is 1. The Labute approximate surface area is 247 Å². The fraction of sp³-hybridized carbons (Fsp3) is 0.393. The Kier molecular flexibility index (Phi) is 6.97. The van der Waals surface area contributed by atoms with E-state index < -0.39 is 22.0 Å². The molecular formula is C28H31ClN8O4S. The zero-order valence-corrected chi connectivity index (χ0v) is 25.1. The largest absolute Gasteiger partial charge is 0.377 e. The molecule has 2 bridgehead atoms. The van der Waals surface area contributed by atoms with E-state index in [1.165, 1.54) is 6.07 Å². The zero-order valence-electron chi connectivity index (χ0n) is 23.6. The first-order valence-electron chi connectivity index (χ1n) is 13.6. The highest BCUT2D eigenvalue weighted by atomic mass is 35.5. The number of carbonyl (C=O) groups excluding carboxylic acids is 1. The molecule has 3 aromatic heterocycles. The van der Waals surface area contributed by atoms with Gasteiger partial charge in [-0.3, -0.25) is 19.3 Å². The second-order valence-electron chi connectivity index (χ2n) is 11.3. The number of rotatable bonds is 7. The molecule has 1 aliphatic heterocycles. The summed E-state index contributed by atoms with van der Waals surface area (Å²) >= 11 is 6.04. The third-order valence-corrected chi connectivity index (χ3v) is 8.95. The van der Waals surface area contributed by atoms with Crippen molar-refractivity contribution in [1.82, 2.24) is 29.5 Å². The summed E-state index contributed by atoms with van der Waals surface area (Å²) < 4.78 is 27.0. The van der Waals surface area contributed by atoms with Gasteiger partial charge in [0.1, 0.15) is 5.15 Å². The van der Waals surface area contributed by atoms with Gasteiger partial charge in [0.25, 0.3) is 11.5 Å². The van der Waals surface area contributed by atoms with Crippen molar-refractivity contribution in [2.45, 2.75) is 44.7 Å². The van der Waals surface area contributed by atoms with Crippen LogP contribution < -0.4 is 20.5 Å². The van der Waals surface area contributed by atoms with Crippen LogP contribution in [0, 0.1) is 12.8 Å². The lowest BCUT2D eigenvalue weighted by Crippen LogP contribution is -2.41. The number of nitrogens with one attached hydrogen (secondary N) is 3. The van der Waals surface area contributed by atoms with Crippen molar-refractivity contribution in [2.75, 3.05) is 23.0 Å². The van der Waals surface area contributed by atoms with E-state index in [2.05, 4.69) is 25.4 Å². The molecule has 4 heterocycles. The number of aryl methyl sites for hydroxylation is 1. The summed E-state index contributed by atoms with van der Waals surface area (Å²) in [5, 5.41) is 11.1. The molecule has 2 aliphatic rings. The zero-order chi connectivity index (χ0) is 29.9. The molecule has 2 fully saturated rings. The quantitative estimate of drug-likeness (QED) is 0.267. The van der Waals surface area contributed by atoms with Gasteiger partial charge in [0.05, 0.1) is 28.9 Å². The number of fused-ring (bicyclic) bond motifs is 3. The molecule has 1 unspecified atom stereocenters. The Morgan fingerprint density at radius 2 is 1.98 bits per heavy atom. The number of benzene rings is 1. The van der Waals surface area contributed by atoms with E-state index in [1.807, 2.05) is 36.8 Å². The molecule has 1 amide bonds. The summed E-state index contributed by atoms with van der Waals surface area (Å²) in [7, 11) is -2.07. The van der Waals surface area contributed by atoms with Crippen molar-refractivity contribution in [3.8, 4) is 0 Å². The number of piperidine rings is 1. The third kappa shape index (κ3) is 5.11. The molecular weight excluding hydrogens is 580 g/mol. The SMILES string of the molecule is Cc1cc([C@@H](C)Nc2ccc(Cl)nc2C(=O)NS(C)(=O)=O)c2nc(N3C[C@H]4CC3[C@@H](c3ccn[nH]3)C4)n(C)c(=O)c2c1. The lowest BCUT2D eigenvalue weighted by atomic mass is 9.95. The monoisotopic (exact) mass is 610 g/mol. The Bertz CT molecular complexity index is 1880. The summed E-state index contributed by atoms with van der Waals surface area (Å²) in [6.45, 7) is 4.61. The predicted molar refractivity (Wildman–Crippen MR) is 161 cm³/mol. The molecule has 0 radical (unpaired) electrons. The van der Waals surface area contributed by atoms with Crippen LogP contribution in [0.15, 0.2) is 41.3 Å². The van der Waals surface area contributed by atoms with E-state index in [1.54, 1.807) is 23.9 Å². The second-order valence-corrected chi connectivity index (χ2v) is 13.4. The van der Waals surface area contributed by atoms with E-state index in [0.717, 1.165) is 42.5 Å². The average molecular weight is 611 g/mol. The fourth-order valence-electron chi connectivity index (χ4n) is 6.44. The van der Waals surface area contributed by atoms with Crippen LogP contribution in [0.5, 0.6) is 0 Å². The minimum Gasteiger partial charge on any atom is -0.377 e. The maximum Gasteiger partial charge on any atom is 0.285 e. The Morgan fingerprint density at radius 1 is 1.19 bits per heavy atom. The maximum atomic E-state index is 13.7. The lowest BCUT2D eigenvalue weighted by molar-refractivity contribution is 0.0977. The van der Waals surface area contributed by atoms with Gasteiger partial charge in [0, 0.05) is 43.0 Å². The predicted octanol–water partition coefficient (Wildman–Crippen LogP) is 3.26. The standard InChI is InChI=1S/C28H31ClN8O4S/c1-14-9-17(15(2)31-21-5-6-23(29)32-25(21)26(38)35-42(4,40)41)24-19(10-14)27(39)36(3)28(33-24)37-13-16-11-18(22(37)12-16)20-7-8-30-34-20/h5-10,15-16,18,22,31H,11-13H2,1-4H3,(H,30,34)(H,35,38)/t15-,16-,18-,22?/m1/s1. The smallest absolute Gasteiger partial charge is 0.285 e. The molecule has 0 spiro atoms. The third-order valence-electron chi connectivity index (χ3n) is 8.18. The van der Waals surface area contributed by atoms with Crippen molar-refractivity contribution in [1.29, 1.82) is 0 Å². The number of H-pyrrole nitrogens is 1. The second kappa shape index (κ2) is 10.4. The van der Waals surface area contributed by atoms with Crippen LogP contribution in [-0.4, -0.2) is 57.9 Å². The Hall–Kier alpha value is -3.97. The number of nitrogens with zero attached hydrogens (tertiary/aromatic N) is 5. The van der Waals surface area contributed by atoms with Gasteiger partial charge in [-0.2, -0.15) is 5.10 Å². The summed E-state index contributed by atoms with van der Waals surface area (Å²) in [4.78, 5) is 37.9. The first-order chi connectivity index (χ1) is 19.9. The van der Waals surface area contributed by atoms with Gasteiger partial charge in [0.2, 0.25) is 16.0 Å². The number of hydrogen-bond donors (Lipinski definition) is 3. The molecule has 220 valence electrons. The normalized spacial score (nSPS) is 20.7. The number of aromatic amines is 1. The van der Waals surface area contributed by atoms with E-state index in [0.29, 0.717) is 22.8 Å². The maximum absolute atomic E-state index is 13.7. The van der Waals surface area contributed by atoms with Gasteiger partial charge in [-0.05, 0) is 62.4 Å². The van der Waals surface area contributed by atoms with E-state index in [9.17, 15) is 18.0 Å². The summed E-state index contributed by atoms with van der Waals surface area (Å²) in [6, 6.07) is 8.64. The number of anilines is 2. The van der Waals surface area contributed by atoms with Gasteiger partial charge < -0.3 is 10.2 Å². The highest BCUT2D eigenvalue weighted by Gasteiger charge is 2.47. The van der Waals surface area contributed by atoms with Crippen molar-refractivity contribution in [3.63, 3.8) is 0 Å². The average Bonchev–Trinajstić information content (AvgIpc) is 3.68. The van der Waals surface area contributed by atoms with Gasteiger partial charge in [-0.25, -0.2) is 23.1 Å². The van der Waals surface area contributed by atoms with Crippen LogP contribution in [0.2, 0.25) is 5.15 Å². The molecule has 1 saturated carbocycles. The van der Waals surface area contributed by atoms with E-state index >= 15 is 0 Å². The van der Waals surface area contributed by atoms with Gasteiger partial charge in [-0.1, -0.05) is 17.7 Å². The summed E-state index contributed by atoms with van der Waals surface area (Å²) in [6.07, 6.45) is 4.75. The molecule has 12 nitrogen and oxygen atoms in total. The fourth-order valence-corrected chi connectivity index (χ4v) is 7.02. The highest BCUT2D eigenvalue weighted by molar-refractivity contribution is 7.89. The minimum atomic E-state index is -3.83. The molecule has 6 rings (SSSR count). The topological polar surface area (TPSA) is 155 Å². The number of pyridine rings is 1. The first-order valence-corrected chi connectivity index (χ1v) is 15.9. The number of hydrogen-bond acceptors (Lipinski definition) is 9. The molecule has 1 aromatic carbocycles. The lowest BCUT2D eigenvalue weighted by Gasteiger charge is -2.34. The summed E-state index contributed by atoms with van der Waals surface area (Å²) in [5.74, 6) is 0.491. The first kappa shape index (κ1) is 28.2. The highest BCUT2D eigenvalue weighted by Crippen LogP contribution is 2.47. The van der Waals surface area contributed by atoms with E-state index in [-0.39, 0.29) is 34.1 Å². The molecule has 14 heteroatoms. The molecule has 42 heavy (non-hydrogen) atoms. The van der Waals surface area contributed by atoms with Crippen molar-refractivity contribution in [2.24, 2.45) is 13.0 Å². The van der Waals surface area contributed by atoms with Crippen LogP contribution in [0.25, 0.3) is 10.9 Å². The van der Waals surface area contributed by atoms with Crippen LogP contribution >= 0.6 is 11.6 Å². The number of aromatic nitrogens is 5. The van der Waals surface area contributed by atoms with Crippen LogP contribution in [-0.2, 0) is 17.1 Å². The minimum absolute atomic E-state index is 0.0380. The van der Waals surface area contributed by atoms with Crippen molar-refractivity contribution in [3.05, 3.63) is 74.6 Å². The molecule has 1 aliphatic carbocycles. The molecule has 4 aromatic rings. The van der Waals surface area contributed by atoms with Crippen molar-refractivity contribution >= 4 is 50.1 Å². The number of sulfonamides is 1. The molecule has 1 saturated heterocycles. The van der Waals surface area contributed by atoms with Crippen LogP contribution in [0.4, 0.5) is 11.6 Å². The van der Waals surface area contributed by atoms with Gasteiger partial charge in [-0.15, -0.1) is 0 Å². The number of carbonyl (C=O) groups is 1. The molecule has 3 N–H and O–H groups in total. The van der Waals surface area contributed by atoms with Crippen molar-refractivity contribution < 1.29 is 13.2 Å². The molecule has 4 atom stereocenters. The Morgan fingerprint density at radius 3 is 2.67 bits per heavy atom. The van der Waals surface area contributed by atoms with Crippen LogP contribution in [0.1, 0.15) is 59.0 Å². The summed E-state index contributed by atoms with van der Waals surface area (Å²) in [5.41, 5.74) is 3.26. The van der Waals surface area contributed by atoms with E-state index in [4.69, 9.17) is 16.6 Å².